The molecule has 1 aromatic heterocycles. The van der Waals surface area contributed by atoms with Crippen LogP contribution >= 0.6 is 12.2 Å². The smallest absolute Gasteiger partial charge is 0.123 e. The predicted octanol–water partition coefficient (Wildman–Crippen LogP) is 0.280. The zero-order chi connectivity index (χ0) is 12.3. The average Bonchev–Trinajstić information content (AvgIpc) is 2.32. The first-order valence-corrected chi connectivity index (χ1v) is 7.37. The van der Waals surface area contributed by atoms with Crippen molar-refractivity contribution in [2.24, 2.45) is 5.73 Å². The van der Waals surface area contributed by atoms with Crippen LogP contribution in [-0.2, 0) is 17.3 Å². The van der Waals surface area contributed by atoms with Gasteiger partial charge in [0.1, 0.15) is 10.7 Å². The lowest BCUT2D eigenvalue weighted by atomic mass is 10.2. The molecule has 4 nitrogen and oxygen atoms in total. The Kier molecular flexibility index (Phi) is 4.20. The Hall–Kier alpha value is -0.850. The number of nitrogens with two attached hydrogens (primary N) is 1. The van der Waals surface area contributed by atoms with Crippen molar-refractivity contribution in [1.82, 2.24) is 9.88 Å². The lowest BCUT2D eigenvalue weighted by Crippen LogP contribution is -2.37. The molecule has 2 rings (SSSR count). The Labute approximate surface area is 109 Å². The van der Waals surface area contributed by atoms with Crippen LogP contribution in [0.25, 0.3) is 0 Å². The first-order valence-electron chi connectivity index (χ1n) is 5.48. The van der Waals surface area contributed by atoms with E-state index in [-0.39, 0.29) is 0 Å². The van der Waals surface area contributed by atoms with Crippen LogP contribution in [0.2, 0.25) is 0 Å². The summed E-state index contributed by atoms with van der Waals surface area (Å²) < 4.78 is 11.3. The van der Waals surface area contributed by atoms with Gasteiger partial charge in [0.15, 0.2) is 0 Å². The summed E-state index contributed by atoms with van der Waals surface area (Å²) in [6.07, 6.45) is 1.70. The van der Waals surface area contributed by atoms with Crippen molar-refractivity contribution in [2.75, 3.05) is 24.6 Å². The maximum Gasteiger partial charge on any atom is 0.123 e. The molecule has 1 aliphatic heterocycles. The summed E-state index contributed by atoms with van der Waals surface area (Å²) in [5.74, 6) is 1.51. The number of hydrogen-bond acceptors (Lipinski definition) is 4. The minimum atomic E-state index is -0.641. The zero-order valence-electron chi connectivity index (χ0n) is 9.46. The lowest BCUT2D eigenvalue weighted by Gasteiger charge is -2.26. The van der Waals surface area contributed by atoms with Crippen LogP contribution in [0.15, 0.2) is 18.3 Å². The number of hydrogen-bond donors (Lipinski definition) is 1. The normalized spacial score (nSPS) is 18.1. The van der Waals surface area contributed by atoms with Gasteiger partial charge in [0, 0.05) is 48.1 Å². The quantitative estimate of drug-likeness (QED) is 0.799. The van der Waals surface area contributed by atoms with Crippen molar-refractivity contribution in [3.63, 3.8) is 0 Å². The molecule has 0 spiro atoms. The van der Waals surface area contributed by atoms with E-state index < -0.39 is 10.8 Å². The van der Waals surface area contributed by atoms with E-state index in [1.165, 1.54) is 0 Å². The van der Waals surface area contributed by atoms with Gasteiger partial charge in [0.05, 0.1) is 0 Å². The average molecular weight is 269 g/mol. The molecule has 92 valence electrons. The SMILES string of the molecule is NC(=S)c1ncccc1CN1CCS(=O)CC1. The number of pyridine rings is 1. The second kappa shape index (κ2) is 5.66. The minimum Gasteiger partial charge on any atom is -0.388 e. The highest BCUT2D eigenvalue weighted by Crippen LogP contribution is 2.11. The van der Waals surface area contributed by atoms with Crippen LogP contribution in [0.4, 0.5) is 0 Å². The molecule has 2 N–H and O–H groups in total. The van der Waals surface area contributed by atoms with E-state index in [0.717, 1.165) is 36.7 Å². The first kappa shape index (κ1) is 12.6. The maximum absolute atomic E-state index is 11.3. The molecular formula is C11H15N3OS2. The van der Waals surface area contributed by atoms with E-state index >= 15 is 0 Å². The highest BCUT2D eigenvalue weighted by Gasteiger charge is 2.17. The van der Waals surface area contributed by atoms with Crippen LogP contribution in [0, 0.1) is 0 Å². The second-order valence-corrected chi connectivity index (χ2v) is 6.14. The first-order chi connectivity index (χ1) is 8.16. The molecular weight excluding hydrogens is 254 g/mol. The predicted molar refractivity (Wildman–Crippen MR) is 73.3 cm³/mol. The molecule has 1 aliphatic rings. The van der Waals surface area contributed by atoms with Gasteiger partial charge in [-0.05, 0) is 11.6 Å². The van der Waals surface area contributed by atoms with Gasteiger partial charge in [0.2, 0.25) is 0 Å². The van der Waals surface area contributed by atoms with Crippen LogP contribution < -0.4 is 5.73 Å². The maximum atomic E-state index is 11.3. The molecule has 1 saturated heterocycles. The molecule has 2 heterocycles. The van der Waals surface area contributed by atoms with Gasteiger partial charge >= 0.3 is 0 Å². The van der Waals surface area contributed by atoms with E-state index in [2.05, 4.69) is 9.88 Å². The number of thiocarbonyl (C=S) groups is 1. The molecule has 1 aromatic rings. The fraction of sp³-hybridized carbons (Fsp3) is 0.455. The molecule has 1 fully saturated rings. The summed E-state index contributed by atoms with van der Waals surface area (Å²) in [6.45, 7) is 2.49. The molecule has 0 radical (unpaired) electrons. The van der Waals surface area contributed by atoms with E-state index in [4.69, 9.17) is 18.0 Å². The Morgan fingerprint density at radius 3 is 2.88 bits per heavy atom. The number of aromatic nitrogens is 1. The van der Waals surface area contributed by atoms with Crippen LogP contribution in [-0.4, -0.2) is 43.7 Å². The molecule has 17 heavy (non-hydrogen) atoms. The van der Waals surface area contributed by atoms with Crippen molar-refractivity contribution in [3.05, 3.63) is 29.6 Å². The lowest BCUT2D eigenvalue weighted by molar-refractivity contribution is 0.291. The summed E-state index contributed by atoms with van der Waals surface area (Å²) in [7, 11) is -0.641. The van der Waals surface area contributed by atoms with Crippen molar-refractivity contribution in [3.8, 4) is 0 Å². The van der Waals surface area contributed by atoms with Crippen molar-refractivity contribution >= 4 is 28.0 Å². The summed E-state index contributed by atoms with van der Waals surface area (Å²) in [5, 5.41) is 0. The molecule has 0 amide bonds. The molecule has 0 saturated carbocycles. The highest BCUT2D eigenvalue weighted by molar-refractivity contribution is 7.85. The van der Waals surface area contributed by atoms with Crippen LogP contribution in [0.5, 0.6) is 0 Å². The topological polar surface area (TPSA) is 59.2 Å². The van der Waals surface area contributed by atoms with Gasteiger partial charge < -0.3 is 5.73 Å². The monoisotopic (exact) mass is 269 g/mol. The summed E-state index contributed by atoms with van der Waals surface area (Å²) in [4.78, 5) is 6.80. The third-order valence-corrected chi connectivity index (χ3v) is 4.26. The molecule has 0 atom stereocenters. The largest absolute Gasteiger partial charge is 0.388 e. The van der Waals surface area contributed by atoms with E-state index in [1.54, 1.807) is 6.20 Å². The highest BCUT2D eigenvalue weighted by atomic mass is 32.2. The van der Waals surface area contributed by atoms with E-state index in [1.807, 2.05) is 12.1 Å². The van der Waals surface area contributed by atoms with Gasteiger partial charge in [-0.15, -0.1) is 0 Å². The fourth-order valence-corrected chi connectivity index (χ4v) is 3.17. The third kappa shape index (κ3) is 3.31. The van der Waals surface area contributed by atoms with Crippen molar-refractivity contribution in [2.45, 2.75) is 6.54 Å². The van der Waals surface area contributed by atoms with Gasteiger partial charge in [0.25, 0.3) is 0 Å². The second-order valence-electron chi connectivity index (χ2n) is 4.00. The molecule has 0 bridgehead atoms. The van der Waals surface area contributed by atoms with Crippen molar-refractivity contribution in [1.29, 1.82) is 0 Å². The van der Waals surface area contributed by atoms with Crippen LogP contribution in [0.1, 0.15) is 11.3 Å². The van der Waals surface area contributed by atoms with E-state index in [0.29, 0.717) is 10.7 Å². The summed E-state index contributed by atoms with van der Waals surface area (Å²) in [6, 6.07) is 3.88. The Morgan fingerprint density at radius 1 is 1.53 bits per heavy atom. The van der Waals surface area contributed by atoms with Gasteiger partial charge in [-0.3, -0.25) is 14.1 Å². The zero-order valence-corrected chi connectivity index (χ0v) is 11.1. The number of rotatable bonds is 3. The minimum absolute atomic E-state index is 0.334. The van der Waals surface area contributed by atoms with Gasteiger partial charge in [-0.25, -0.2) is 0 Å². The summed E-state index contributed by atoms with van der Waals surface area (Å²) in [5.41, 5.74) is 7.40. The molecule has 0 aliphatic carbocycles. The van der Waals surface area contributed by atoms with E-state index in [9.17, 15) is 4.21 Å². The van der Waals surface area contributed by atoms with Gasteiger partial charge in [-0.2, -0.15) is 0 Å². The Balaban J connectivity index is 2.08. The molecule has 6 heteroatoms. The number of nitrogens with zero attached hydrogens (tertiary/aromatic N) is 2. The Morgan fingerprint density at radius 2 is 2.24 bits per heavy atom. The Bertz CT molecular complexity index is 440. The fourth-order valence-electron chi connectivity index (χ4n) is 1.86. The molecule has 0 aromatic carbocycles. The standard InChI is InChI=1S/C11H15N3OS2/c12-11(16)10-9(2-1-3-13-10)8-14-4-6-17(15)7-5-14/h1-3H,4-8H2,(H2,12,16). The molecule has 0 unspecified atom stereocenters. The van der Waals surface area contributed by atoms with Crippen LogP contribution in [0.3, 0.4) is 0 Å². The van der Waals surface area contributed by atoms with Gasteiger partial charge in [-0.1, -0.05) is 18.3 Å². The third-order valence-electron chi connectivity index (χ3n) is 2.79. The van der Waals surface area contributed by atoms with Crippen molar-refractivity contribution < 1.29 is 4.21 Å². The summed E-state index contributed by atoms with van der Waals surface area (Å²) >= 11 is 4.98.